The first-order valence-electron chi connectivity index (χ1n) is 8.31. The van der Waals surface area contributed by atoms with Crippen LogP contribution in [0.3, 0.4) is 0 Å². The molecule has 0 N–H and O–H groups in total. The van der Waals surface area contributed by atoms with Gasteiger partial charge in [0.2, 0.25) is 0 Å². The van der Waals surface area contributed by atoms with Gasteiger partial charge in [0.25, 0.3) is 11.8 Å². The Kier molecular flexibility index (Phi) is 5.30. The number of benzene rings is 2. The topological polar surface area (TPSA) is 90.0 Å². The summed E-state index contributed by atoms with van der Waals surface area (Å²) in [5.74, 6) is -2.18. The number of hydrogen-bond donors (Lipinski definition) is 0. The molecular weight excluding hydrogens is 350 g/mol. The molecule has 1 aliphatic rings. The molecule has 2 amide bonds. The molecule has 0 fully saturated rings. The first kappa shape index (κ1) is 18.3. The number of carbonyl (C=O) groups excluding carboxylic acids is 4. The number of fused-ring (bicyclic) bond motifs is 1. The van der Waals surface area contributed by atoms with Crippen LogP contribution in [0, 0.1) is 0 Å². The van der Waals surface area contributed by atoms with Gasteiger partial charge in [-0.05, 0) is 24.3 Å². The van der Waals surface area contributed by atoms with E-state index in [2.05, 4.69) is 0 Å². The van der Waals surface area contributed by atoms with Gasteiger partial charge in [0.05, 0.1) is 16.7 Å². The van der Waals surface area contributed by atoms with Gasteiger partial charge in [0.15, 0.2) is 0 Å². The van der Waals surface area contributed by atoms with Gasteiger partial charge in [-0.25, -0.2) is 4.79 Å². The van der Waals surface area contributed by atoms with Gasteiger partial charge in [-0.2, -0.15) is 0 Å². The molecule has 1 atom stereocenters. The van der Waals surface area contributed by atoms with E-state index in [-0.39, 0.29) is 24.3 Å². The highest BCUT2D eigenvalue weighted by molar-refractivity contribution is 6.21. The maximum absolute atomic E-state index is 12.6. The summed E-state index contributed by atoms with van der Waals surface area (Å²) in [5, 5.41) is 0. The van der Waals surface area contributed by atoms with Crippen molar-refractivity contribution in [2.24, 2.45) is 0 Å². The van der Waals surface area contributed by atoms with Crippen LogP contribution in [-0.4, -0.2) is 47.9 Å². The maximum atomic E-state index is 12.6. The van der Waals surface area contributed by atoms with Crippen molar-refractivity contribution in [2.75, 3.05) is 13.2 Å². The standard InChI is InChI=1S/C20H17NO6/c1-13(22)26-11-15(12-27-20(25)14-7-3-2-4-8-14)21-18(23)16-9-5-6-10-17(16)19(21)24/h2-10,15H,11-12H2,1H3/t15-/m0/s1. The molecule has 0 spiro atoms. The summed E-state index contributed by atoms with van der Waals surface area (Å²) in [4.78, 5) is 49.6. The molecule has 2 aromatic carbocycles. The molecule has 0 radical (unpaired) electrons. The lowest BCUT2D eigenvalue weighted by Crippen LogP contribution is -2.46. The Balaban J connectivity index is 1.78. The zero-order valence-electron chi connectivity index (χ0n) is 14.6. The number of nitrogens with zero attached hydrogens (tertiary/aromatic N) is 1. The highest BCUT2D eigenvalue weighted by Crippen LogP contribution is 2.25. The van der Waals surface area contributed by atoms with Crippen LogP contribution in [0.1, 0.15) is 38.0 Å². The van der Waals surface area contributed by atoms with Gasteiger partial charge in [-0.1, -0.05) is 30.3 Å². The molecule has 2 aromatic rings. The van der Waals surface area contributed by atoms with Gasteiger partial charge in [-0.3, -0.25) is 19.3 Å². The van der Waals surface area contributed by atoms with Gasteiger partial charge >= 0.3 is 11.9 Å². The summed E-state index contributed by atoms with van der Waals surface area (Å²) >= 11 is 0. The molecule has 0 bridgehead atoms. The number of rotatable bonds is 6. The molecular formula is C20H17NO6. The van der Waals surface area contributed by atoms with Gasteiger partial charge in [0, 0.05) is 6.92 Å². The molecule has 0 aliphatic carbocycles. The van der Waals surface area contributed by atoms with E-state index >= 15 is 0 Å². The van der Waals surface area contributed by atoms with Crippen LogP contribution in [0.5, 0.6) is 0 Å². The monoisotopic (exact) mass is 367 g/mol. The lowest BCUT2D eigenvalue weighted by Gasteiger charge is -2.25. The second kappa shape index (κ2) is 7.82. The zero-order valence-corrected chi connectivity index (χ0v) is 14.6. The summed E-state index contributed by atoms with van der Waals surface area (Å²) in [6, 6.07) is 13.8. The Morgan fingerprint density at radius 2 is 1.37 bits per heavy atom. The Bertz CT molecular complexity index is 857. The fraction of sp³-hybridized carbons (Fsp3) is 0.200. The summed E-state index contributed by atoms with van der Waals surface area (Å²) in [7, 11) is 0. The van der Waals surface area contributed by atoms with Crippen LogP contribution in [0.25, 0.3) is 0 Å². The average Bonchev–Trinajstić information content (AvgIpc) is 2.93. The number of imide groups is 1. The van der Waals surface area contributed by atoms with Crippen molar-refractivity contribution in [3.05, 3.63) is 71.3 Å². The summed E-state index contributed by atoms with van der Waals surface area (Å²) in [6.07, 6.45) is 0. The number of carbonyl (C=O) groups is 4. The Morgan fingerprint density at radius 1 is 0.852 bits per heavy atom. The van der Waals surface area contributed by atoms with Crippen LogP contribution in [0.15, 0.2) is 54.6 Å². The van der Waals surface area contributed by atoms with Gasteiger partial charge < -0.3 is 9.47 Å². The first-order valence-corrected chi connectivity index (χ1v) is 8.31. The highest BCUT2D eigenvalue weighted by atomic mass is 16.5. The van der Waals surface area contributed by atoms with E-state index in [0.717, 1.165) is 4.90 Å². The summed E-state index contributed by atoms with van der Waals surface area (Å²) in [6.45, 7) is 0.671. The van der Waals surface area contributed by atoms with E-state index in [1.807, 2.05) is 0 Å². The van der Waals surface area contributed by atoms with Gasteiger partial charge in [-0.15, -0.1) is 0 Å². The normalized spacial score (nSPS) is 13.9. The van der Waals surface area contributed by atoms with Crippen molar-refractivity contribution in [1.29, 1.82) is 0 Å². The van der Waals surface area contributed by atoms with E-state index in [4.69, 9.17) is 9.47 Å². The van der Waals surface area contributed by atoms with Crippen molar-refractivity contribution in [1.82, 2.24) is 4.90 Å². The second-order valence-electron chi connectivity index (χ2n) is 5.95. The van der Waals surface area contributed by atoms with E-state index < -0.39 is 29.8 Å². The van der Waals surface area contributed by atoms with E-state index in [9.17, 15) is 19.2 Å². The van der Waals surface area contributed by atoms with Crippen molar-refractivity contribution in [3.63, 3.8) is 0 Å². The Morgan fingerprint density at radius 3 is 1.93 bits per heavy atom. The Labute approximate surface area is 155 Å². The van der Waals surface area contributed by atoms with Crippen LogP contribution >= 0.6 is 0 Å². The SMILES string of the molecule is CC(=O)OC[C@@H](COC(=O)c1ccccc1)N1C(=O)c2ccccc2C1=O. The first-order chi connectivity index (χ1) is 13.0. The molecule has 7 heteroatoms. The average molecular weight is 367 g/mol. The molecule has 0 saturated heterocycles. The molecule has 0 unspecified atom stereocenters. The minimum absolute atomic E-state index is 0.261. The van der Waals surface area contributed by atoms with Crippen molar-refractivity contribution in [2.45, 2.75) is 13.0 Å². The minimum Gasteiger partial charge on any atom is -0.464 e. The predicted molar refractivity (Wildman–Crippen MR) is 94.1 cm³/mol. The molecule has 0 aromatic heterocycles. The zero-order chi connectivity index (χ0) is 19.4. The van der Waals surface area contributed by atoms with E-state index in [1.54, 1.807) is 54.6 Å². The van der Waals surface area contributed by atoms with Gasteiger partial charge in [0.1, 0.15) is 19.3 Å². The van der Waals surface area contributed by atoms with Crippen molar-refractivity contribution in [3.8, 4) is 0 Å². The Hall–Kier alpha value is -3.48. The van der Waals surface area contributed by atoms with Crippen LogP contribution in [-0.2, 0) is 14.3 Å². The molecule has 7 nitrogen and oxygen atoms in total. The molecule has 3 rings (SSSR count). The van der Waals surface area contributed by atoms with E-state index in [1.165, 1.54) is 6.92 Å². The molecule has 0 saturated carbocycles. The lowest BCUT2D eigenvalue weighted by atomic mass is 10.1. The maximum Gasteiger partial charge on any atom is 0.338 e. The number of amides is 2. The predicted octanol–water partition coefficient (Wildman–Crippen LogP) is 2.07. The minimum atomic E-state index is -0.922. The van der Waals surface area contributed by atoms with Crippen LogP contribution in [0.4, 0.5) is 0 Å². The van der Waals surface area contributed by atoms with Crippen LogP contribution in [0.2, 0.25) is 0 Å². The van der Waals surface area contributed by atoms with Crippen LogP contribution < -0.4 is 0 Å². The fourth-order valence-corrected chi connectivity index (χ4v) is 2.78. The van der Waals surface area contributed by atoms with Crippen molar-refractivity contribution < 1.29 is 28.7 Å². The second-order valence-corrected chi connectivity index (χ2v) is 5.95. The third kappa shape index (κ3) is 3.87. The van der Waals surface area contributed by atoms with E-state index in [0.29, 0.717) is 5.56 Å². The summed E-state index contributed by atoms with van der Waals surface area (Å²) in [5.41, 5.74) is 0.875. The number of esters is 2. The third-order valence-electron chi connectivity index (χ3n) is 4.09. The smallest absolute Gasteiger partial charge is 0.338 e. The number of ether oxygens (including phenoxy) is 2. The quantitative estimate of drug-likeness (QED) is 0.574. The largest absolute Gasteiger partial charge is 0.464 e. The molecule has 27 heavy (non-hydrogen) atoms. The molecule has 138 valence electrons. The number of hydrogen-bond acceptors (Lipinski definition) is 6. The molecule has 1 aliphatic heterocycles. The third-order valence-corrected chi connectivity index (χ3v) is 4.09. The lowest BCUT2D eigenvalue weighted by molar-refractivity contribution is -0.142. The summed E-state index contributed by atoms with van der Waals surface area (Å²) < 4.78 is 10.2. The highest BCUT2D eigenvalue weighted by Gasteiger charge is 2.40. The fourth-order valence-electron chi connectivity index (χ4n) is 2.78. The molecule has 1 heterocycles. The van der Waals surface area contributed by atoms with Crippen molar-refractivity contribution >= 4 is 23.8 Å².